The largest absolute Gasteiger partial charge is 0.474 e. The molecule has 0 N–H and O–H groups in total. The van der Waals surface area contributed by atoms with Crippen LogP contribution in [0.15, 0.2) is 15.5 Å². The molecule has 4 nitrogen and oxygen atoms in total. The number of aliphatic imine (C=N–C) groups is 1. The van der Waals surface area contributed by atoms with Gasteiger partial charge in [0.05, 0.1) is 22.2 Å². The second-order valence-corrected chi connectivity index (χ2v) is 8.05. The summed E-state index contributed by atoms with van der Waals surface area (Å²) in [7, 11) is 2.00. The molecule has 1 rings (SSSR count). The molecule has 1 aromatic rings. The summed E-state index contributed by atoms with van der Waals surface area (Å²) >= 11 is 3.59. The first-order valence-electron chi connectivity index (χ1n) is 8.81. The molecule has 0 fully saturated rings. The Morgan fingerprint density at radius 1 is 1.25 bits per heavy atom. The number of aromatic nitrogens is 1. The lowest BCUT2D eigenvalue weighted by Crippen LogP contribution is -2.22. The van der Waals surface area contributed by atoms with Crippen LogP contribution < -0.4 is 4.74 Å². The molecule has 0 aliphatic rings. The van der Waals surface area contributed by atoms with Gasteiger partial charge in [0, 0.05) is 13.6 Å². The minimum Gasteiger partial charge on any atom is -0.474 e. The zero-order valence-electron chi connectivity index (χ0n) is 16.1. The fourth-order valence-electron chi connectivity index (χ4n) is 2.41. The van der Waals surface area contributed by atoms with Crippen LogP contribution in [0.3, 0.4) is 0 Å². The highest BCUT2D eigenvalue weighted by Crippen LogP contribution is 2.31. The van der Waals surface area contributed by atoms with Gasteiger partial charge in [-0.1, -0.05) is 27.7 Å². The van der Waals surface area contributed by atoms with Crippen molar-refractivity contribution >= 4 is 28.0 Å². The predicted molar refractivity (Wildman–Crippen MR) is 106 cm³/mol. The second-order valence-electron chi connectivity index (χ2n) is 7.20. The quantitative estimate of drug-likeness (QED) is 0.401. The minimum atomic E-state index is 0.189. The third kappa shape index (κ3) is 7.20. The van der Waals surface area contributed by atoms with Gasteiger partial charge in [-0.25, -0.2) is 9.98 Å². The number of pyridine rings is 1. The molecule has 0 saturated heterocycles. The Hall–Kier alpha value is -1.10. The van der Waals surface area contributed by atoms with Crippen LogP contribution in [0.25, 0.3) is 0 Å². The van der Waals surface area contributed by atoms with Crippen molar-refractivity contribution in [1.29, 1.82) is 0 Å². The normalized spacial score (nSPS) is 12.0. The van der Waals surface area contributed by atoms with Gasteiger partial charge in [-0.15, -0.1) is 0 Å². The van der Waals surface area contributed by atoms with Crippen molar-refractivity contribution in [2.24, 2.45) is 16.8 Å². The van der Waals surface area contributed by atoms with Crippen molar-refractivity contribution in [2.45, 2.75) is 60.5 Å². The monoisotopic (exact) mass is 397 g/mol. The zero-order chi connectivity index (χ0) is 18.3. The van der Waals surface area contributed by atoms with Gasteiger partial charge in [0.1, 0.15) is 6.10 Å². The molecule has 1 aromatic heterocycles. The lowest BCUT2D eigenvalue weighted by molar-refractivity contribution is 0.142. The summed E-state index contributed by atoms with van der Waals surface area (Å²) in [5.74, 6) is 1.87. The van der Waals surface area contributed by atoms with E-state index in [-0.39, 0.29) is 6.10 Å². The second kappa shape index (κ2) is 10.0. The van der Waals surface area contributed by atoms with Gasteiger partial charge in [0.25, 0.3) is 0 Å². The summed E-state index contributed by atoms with van der Waals surface area (Å²) < 4.78 is 7.09. The lowest BCUT2D eigenvalue weighted by Gasteiger charge is -2.23. The molecule has 0 aliphatic heterocycles. The summed E-state index contributed by atoms with van der Waals surface area (Å²) in [4.78, 5) is 11.2. The van der Waals surface area contributed by atoms with Crippen molar-refractivity contribution in [2.75, 3.05) is 13.6 Å². The third-order valence-electron chi connectivity index (χ3n) is 3.75. The Bertz CT molecular complexity index is 534. The average Bonchev–Trinajstić information content (AvgIpc) is 2.47. The van der Waals surface area contributed by atoms with E-state index in [1.165, 1.54) is 0 Å². The van der Waals surface area contributed by atoms with Crippen molar-refractivity contribution in [3.63, 3.8) is 0 Å². The number of halogens is 1. The lowest BCUT2D eigenvalue weighted by atomic mass is 9.98. The van der Waals surface area contributed by atoms with E-state index in [1.807, 2.05) is 31.3 Å². The van der Waals surface area contributed by atoms with Crippen molar-refractivity contribution in [3.05, 3.63) is 16.2 Å². The van der Waals surface area contributed by atoms with Crippen molar-refractivity contribution in [1.82, 2.24) is 9.88 Å². The molecule has 24 heavy (non-hydrogen) atoms. The first-order valence-corrected chi connectivity index (χ1v) is 9.60. The van der Waals surface area contributed by atoms with E-state index < -0.39 is 0 Å². The molecule has 0 radical (unpaired) electrons. The van der Waals surface area contributed by atoms with Gasteiger partial charge in [-0.2, -0.15) is 0 Å². The standard InChI is InChI=1S/C19H32BrN3O/c1-8-23(7)12-21-18-11-17(20)19(22-15(18)6)24-16(9-13(2)3)10-14(4)5/h11-14,16H,8-10H2,1-7H3. The Morgan fingerprint density at radius 3 is 2.33 bits per heavy atom. The van der Waals surface area contributed by atoms with Gasteiger partial charge in [-0.05, 0) is 60.5 Å². The van der Waals surface area contributed by atoms with Crippen molar-refractivity contribution < 1.29 is 4.74 Å². The van der Waals surface area contributed by atoms with E-state index in [4.69, 9.17) is 4.74 Å². The molecule has 0 bridgehead atoms. The molecule has 0 unspecified atom stereocenters. The van der Waals surface area contributed by atoms with Gasteiger partial charge >= 0.3 is 0 Å². The minimum absolute atomic E-state index is 0.189. The van der Waals surface area contributed by atoms with Gasteiger partial charge in [0.2, 0.25) is 5.88 Å². The fraction of sp³-hybridized carbons (Fsp3) is 0.684. The molecule has 0 atom stereocenters. The highest BCUT2D eigenvalue weighted by Gasteiger charge is 2.18. The van der Waals surface area contributed by atoms with Gasteiger partial charge < -0.3 is 9.64 Å². The van der Waals surface area contributed by atoms with Crippen LogP contribution in [-0.2, 0) is 0 Å². The van der Waals surface area contributed by atoms with Crippen LogP contribution in [-0.4, -0.2) is 35.9 Å². The molecule has 1 heterocycles. The summed E-state index contributed by atoms with van der Waals surface area (Å²) in [6.07, 6.45) is 4.09. The number of ether oxygens (including phenoxy) is 1. The average molecular weight is 398 g/mol. The fourth-order valence-corrected chi connectivity index (χ4v) is 2.81. The maximum Gasteiger partial charge on any atom is 0.228 e. The van der Waals surface area contributed by atoms with Crippen LogP contribution in [0.5, 0.6) is 5.88 Å². The van der Waals surface area contributed by atoms with E-state index in [2.05, 4.69) is 60.5 Å². The summed E-state index contributed by atoms with van der Waals surface area (Å²) in [6.45, 7) is 13.9. The van der Waals surface area contributed by atoms with E-state index in [1.54, 1.807) is 0 Å². The molecule has 0 spiro atoms. The van der Waals surface area contributed by atoms with Gasteiger partial charge in [-0.3, -0.25) is 0 Å². The summed E-state index contributed by atoms with van der Waals surface area (Å²) in [5, 5.41) is 0. The zero-order valence-corrected chi connectivity index (χ0v) is 17.7. The molecular formula is C19H32BrN3O. The number of nitrogens with zero attached hydrogens (tertiary/aromatic N) is 3. The predicted octanol–water partition coefficient (Wildman–Crippen LogP) is 5.60. The van der Waals surface area contributed by atoms with Crippen LogP contribution >= 0.6 is 15.9 Å². The Morgan fingerprint density at radius 2 is 1.83 bits per heavy atom. The molecule has 5 heteroatoms. The summed E-state index contributed by atoms with van der Waals surface area (Å²) in [5.41, 5.74) is 1.74. The highest BCUT2D eigenvalue weighted by molar-refractivity contribution is 9.10. The third-order valence-corrected chi connectivity index (χ3v) is 4.32. The van der Waals surface area contributed by atoms with E-state index in [0.29, 0.717) is 17.7 Å². The molecule has 136 valence electrons. The number of hydrogen-bond acceptors (Lipinski definition) is 3. The number of aryl methyl sites for hydroxylation is 1. The highest BCUT2D eigenvalue weighted by atomic mass is 79.9. The molecular weight excluding hydrogens is 366 g/mol. The molecule has 0 aromatic carbocycles. The Balaban J connectivity index is 2.95. The summed E-state index contributed by atoms with van der Waals surface area (Å²) in [6, 6.07) is 1.99. The number of hydrogen-bond donors (Lipinski definition) is 0. The smallest absolute Gasteiger partial charge is 0.228 e. The van der Waals surface area contributed by atoms with Crippen LogP contribution in [0.2, 0.25) is 0 Å². The van der Waals surface area contributed by atoms with Gasteiger partial charge in [0.15, 0.2) is 0 Å². The SMILES string of the molecule is CCN(C)C=Nc1cc(Br)c(OC(CC(C)C)CC(C)C)nc1C. The first kappa shape index (κ1) is 20.9. The topological polar surface area (TPSA) is 37.7 Å². The maximum absolute atomic E-state index is 6.23. The van der Waals surface area contributed by atoms with E-state index in [9.17, 15) is 0 Å². The first-order chi connectivity index (χ1) is 11.2. The Labute approximate surface area is 155 Å². The van der Waals surface area contributed by atoms with E-state index in [0.717, 1.165) is 35.2 Å². The van der Waals surface area contributed by atoms with Crippen LogP contribution in [0.1, 0.15) is 53.2 Å². The maximum atomic E-state index is 6.23. The molecule has 0 saturated carbocycles. The number of rotatable bonds is 9. The van der Waals surface area contributed by atoms with Crippen LogP contribution in [0.4, 0.5) is 5.69 Å². The Kier molecular flexibility index (Phi) is 8.74. The van der Waals surface area contributed by atoms with Crippen molar-refractivity contribution in [3.8, 4) is 5.88 Å². The van der Waals surface area contributed by atoms with E-state index >= 15 is 0 Å². The van der Waals surface area contributed by atoms with Crippen LogP contribution in [0, 0.1) is 18.8 Å². The molecule has 0 aliphatic carbocycles. The molecule has 0 amide bonds.